The van der Waals surface area contributed by atoms with Crippen LogP contribution in [0.5, 0.6) is 0 Å². The number of aryl methyl sites for hydroxylation is 1. The summed E-state index contributed by atoms with van der Waals surface area (Å²) in [6, 6.07) is 10.4. The molecule has 0 aliphatic heterocycles. The lowest BCUT2D eigenvalue weighted by Gasteiger charge is -2.09. The number of nitrogens with zero attached hydrogens (tertiary/aromatic N) is 2. The molecule has 31 heavy (non-hydrogen) atoms. The quantitative estimate of drug-likeness (QED) is 0.414. The Morgan fingerprint density at radius 1 is 1.19 bits per heavy atom. The number of hydrogen-bond donors (Lipinski definition) is 1. The third kappa shape index (κ3) is 3.58. The molecule has 5 rings (SSSR count). The highest BCUT2D eigenvalue weighted by Crippen LogP contribution is 2.33. The zero-order chi connectivity index (χ0) is 21.5. The molecule has 0 aliphatic carbocycles. The Balaban J connectivity index is 1.44. The second-order valence-corrected chi connectivity index (χ2v) is 8.80. The van der Waals surface area contributed by atoms with E-state index in [1.807, 2.05) is 29.8 Å². The first-order chi connectivity index (χ1) is 15.0. The van der Waals surface area contributed by atoms with Crippen molar-refractivity contribution in [2.24, 2.45) is 0 Å². The Bertz CT molecular complexity index is 1560. The van der Waals surface area contributed by atoms with E-state index in [1.54, 1.807) is 29.5 Å². The van der Waals surface area contributed by atoms with Crippen LogP contribution in [0, 0.1) is 6.92 Å². The molecular formula is C22H15N3O4S2. The molecule has 0 unspecified atom stereocenters. The van der Waals surface area contributed by atoms with E-state index in [-0.39, 0.29) is 18.0 Å². The van der Waals surface area contributed by atoms with Crippen molar-refractivity contribution in [2.45, 2.75) is 13.5 Å². The molecule has 0 atom stereocenters. The Labute approximate surface area is 183 Å². The third-order valence-electron chi connectivity index (χ3n) is 4.90. The summed E-state index contributed by atoms with van der Waals surface area (Å²) in [7, 11) is 0. The normalized spacial score (nSPS) is 11.3. The predicted molar refractivity (Wildman–Crippen MR) is 123 cm³/mol. The van der Waals surface area contributed by atoms with Gasteiger partial charge in [-0.15, -0.1) is 22.7 Å². The van der Waals surface area contributed by atoms with Crippen LogP contribution in [0.4, 0.5) is 5.69 Å². The largest absolute Gasteiger partial charge is 0.423 e. The summed E-state index contributed by atoms with van der Waals surface area (Å²) < 4.78 is 6.52. The highest BCUT2D eigenvalue weighted by molar-refractivity contribution is 7.18. The molecule has 5 aromatic rings. The average Bonchev–Trinajstić information content (AvgIpc) is 3.39. The number of carbonyl (C=O) groups is 1. The van der Waals surface area contributed by atoms with Crippen molar-refractivity contribution >= 4 is 55.5 Å². The molecule has 0 spiro atoms. The predicted octanol–water partition coefficient (Wildman–Crippen LogP) is 4.24. The van der Waals surface area contributed by atoms with Gasteiger partial charge < -0.3 is 9.73 Å². The van der Waals surface area contributed by atoms with Crippen molar-refractivity contribution in [3.8, 4) is 10.4 Å². The molecule has 1 aromatic carbocycles. The van der Waals surface area contributed by atoms with E-state index >= 15 is 0 Å². The standard InChI is InChI=1S/C22H15N3O4S2/c1-12-7-19(27)29-16-8-13(4-5-14(12)16)24-18(26)9-25-11-23-21-20(22(25)28)15(10-31-21)17-3-2-6-30-17/h2-8,10-11H,9H2,1H3,(H,24,26). The van der Waals surface area contributed by atoms with Crippen LogP contribution in [-0.4, -0.2) is 15.5 Å². The maximum atomic E-state index is 13.0. The number of rotatable bonds is 4. The summed E-state index contributed by atoms with van der Waals surface area (Å²) in [4.78, 5) is 43.2. The summed E-state index contributed by atoms with van der Waals surface area (Å²) in [6.45, 7) is 1.64. The summed E-state index contributed by atoms with van der Waals surface area (Å²) in [5.41, 5.74) is 1.79. The maximum Gasteiger partial charge on any atom is 0.336 e. The van der Waals surface area contributed by atoms with Crippen LogP contribution >= 0.6 is 22.7 Å². The number of hydrogen-bond acceptors (Lipinski definition) is 7. The molecule has 0 saturated carbocycles. The SMILES string of the molecule is Cc1cc(=O)oc2cc(NC(=O)Cn3cnc4scc(-c5cccs5)c4c3=O)ccc12. The van der Waals surface area contributed by atoms with E-state index in [9.17, 15) is 14.4 Å². The fourth-order valence-electron chi connectivity index (χ4n) is 3.45. The number of nitrogens with one attached hydrogen (secondary N) is 1. The van der Waals surface area contributed by atoms with Crippen molar-refractivity contribution in [1.82, 2.24) is 9.55 Å². The van der Waals surface area contributed by atoms with Gasteiger partial charge in [0.25, 0.3) is 5.56 Å². The van der Waals surface area contributed by atoms with Crippen molar-refractivity contribution in [3.63, 3.8) is 0 Å². The first-order valence-electron chi connectivity index (χ1n) is 9.34. The monoisotopic (exact) mass is 449 g/mol. The van der Waals surface area contributed by atoms with E-state index < -0.39 is 5.63 Å². The van der Waals surface area contributed by atoms with Crippen molar-refractivity contribution in [2.75, 3.05) is 5.32 Å². The Morgan fingerprint density at radius 2 is 2.06 bits per heavy atom. The zero-order valence-corrected chi connectivity index (χ0v) is 17.9. The van der Waals surface area contributed by atoms with E-state index in [0.29, 0.717) is 21.5 Å². The lowest BCUT2D eigenvalue weighted by Crippen LogP contribution is -2.27. The molecular weight excluding hydrogens is 434 g/mol. The second-order valence-electron chi connectivity index (χ2n) is 6.99. The van der Waals surface area contributed by atoms with Crippen LogP contribution < -0.4 is 16.5 Å². The number of fused-ring (bicyclic) bond motifs is 2. The maximum absolute atomic E-state index is 13.0. The van der Waals surface area contributed by atoms with Crippen LogP contribution in [0.3, 0.4) is 0 Å². The van der Waals surface area contributed by atoms with Gasteiger partial charge in [0.1, 0.15) is 17.0 Å². The van der Waals surface area contributed by atoms with Gasteiger partial charge in [0.05, 0.1) is 11.7 Å². The molecule has 0 fully saturated rings. The van der Waals surface area contributed by atoms with Gasteiger partial charge in [0.15, 0.2) is 0 Å². The average molecular weight is 450 g/mol. The van der Waals surface area contributed by atoms with E-state index in [4.69, 9.17) is 4.42 Å². The zero-order valence-electron chi connectivity index (χ0n) is 16.2. The number of aromatic nitrogens is 2. The highest BCUT2D eigenvalue weighted by Gasteiger charge is 2.15. The Morgan fingerprint density at radius 3 is 2.87 bits per heavy atom. The number of carbonyl (C=O) groups excluding carboxylic acids is 1. The summed E-state index contributed by atoms with van der Waals surface area (Å²) in [5, 5.41) is 7.93. The van der Waals surface area contributed by atoms with Gasteiger partial charge in [-0.25, -0.2) is 9.78 Å². The van der Waals surface area contributed by atoms with Crippen molar-refractivity contribution in [3.05, 3.63) is 79.8 Å². The lowest BCUT2D eigenvalue weighted by molar-refractivity contribution is -0.116. The first-order valence-corrected chi connectivity index (χ1v) is 11.1. The molecule has 9 heteroatoms. The topological polar surface area (TPSA) is 94.2 Å². The first kappa shape index (κ1) is 19.4. The molecule has 0 bridgehead atoms. The minimum atomic E-state index is -0.447. The van der Waals surface area contributed by atoms with Gasteiger partial charge >= 0.3 is 5.63 Å². The molecule has 0 saturated heterocycles. The molecule has 7 nitrogen and oxygen atoms in total. The third-order valence-corrected chi connectivity index (χ3v) is 6.69. The van der Waals surface area contributed by atoms with Gasteiger partial charge in [-0.05, 0) is 36.1 Å². The van der Waals surface area contributed by atoms with E-state index in [2.05, 4.69) is 10.3 Å². The van der Waals surface area contributed by atoms with E-state index in [0.717, 1.165) is 21.4 Å². The lowest BCUT2D eigenvalue weighted by atomic mass is 10.1. The van der Waals surface area contributed by atoms with Gasteiger partial charge in [-0.1, -0.05) is 6.07 Å². The van der Waals surface area contributed by atoms with Gasteiger partial charge in [0.2, 0.25) is 5.91 Å². The van der Waals surface area contributed by atoms with Crippen LogP contribution in [0.15, 0.2) is 67.5 Å². The number of thiophene rings is 2. The number of amides is 1. The minimum Gasteiger partial charge on any atom is -0.423 e. The minimum absolute atomic E-state index is 0.183. The molecule has 0 aliphatic rings. The molecule has 1 amide bonds. The fourth-order valence-corrected chi connectivity index (χ4v) is 5.17. The second kappa shape index (κ2) is 7.60. The molecule has 4 heterocycles. The van der Waals surface area contributed by atoms with Gasteiger partial charge in [0, 0.05) is 39.0 Å². The summed E-state index contributed by atoms with van der Waals surface area (Å²) >= 11 is 2.95. The molecule has 154 valence electrons. The van der Waals surface area contributed by atoms with Gasteiger partial charge in [-0.2, -0.15) is 0 Å². The molecule has 0 radical (unpaired) electrons. The fraction of sp³-hybridized carbons (Fsp3) is 0.0909. The van der Waals surface area contributed by atoms with Crippen LogP contribution in [0.1, 0.15) is 5.56 Å². The Kier molecular flexibility index (Phi) is 4.76. The van der Waals surface area contributed by atoms with Crippen molar-refractivity contribution in [1.29, 1.82) is 0 Å². The van der Waals surface area contributed by atoms with Crippen molar-refractivity contribution < 1.29 is 9.21 Å². The summed E-state index contributed by atoms with van der Waals surface area (Å²) in [5.74, 6) is -0.384. The molecule has 1 N–H and O–H groups in total. The smallest absolute Gasteiger partial charge is 0.336 e. The van der Waals surface area contributed by atoms with Gasteiger partial charge in [-0.3, -0.25) is 14.2 Å². The number of benzene rings is 1. The summed E-state index contributed by atoms with van der Waals surface area (Å²) in [6.07, 6.45) is 1.39. The Hall–Kier alpha value is -3.56. The highest BCUT2D eigenvalue weighted by atomic mass is 32.1. The van der Waals surface area contributed by atoms with E-state index in [1.165, 1.54) is 28.3 Å². The molecule has 4 aromatic heterocycles. The van der Waals surface area contributed by atoms with Crippen LogP contribution in [0.25, 0.3) is 31.6 Å². The van der Waals surface area contributed by atoms with Crippen LogP contribution in [0.2, 0.25) is 0 Å². The van der Waals surface area contributed by atoms with Crippen LogP contribution in [-0.2, 0) is 11.3 Å². The number of anilines is 1.